The Labute approximate surface area is 185 Å². The first-order chi connectivity index (χ1) is 14.7. The average molecular weight is 438 g/mol. The number of aromatic nitrogens is 4. The molecule has 31 heavy (non-hydrogen) atoms. The molecule has 0 bridgehead atoms. The quantitative estimate of drug-likeness (QED) is 0.438. The molecule has 0 aliphatic carbocycles. The predicted octanol–water partition coefficient (Wildman–Crippen LogP) is 5.09. The Morgan fingerprint density at radius 3 is 2.58 bits per heavy atom. The molecule has 7 nitrogen and oxygen atoms in total. The van der Waals surface area contributed by atoms with Crippen molar-refractivity contribution in [3.05, 3.63) is 41.5 Å². The lowest BCUT2D eigenvalue weighted by atomic mass is 9.95. The van der Waals surface area contributed by atoms with Gasteiger partial charge in [-0.1, -0.05) is 0 Å². The third-order valence-corrected chi connectivity index (χ3v) is 6.85. The van der Waals surface area contributed by atoms with E-state index in [0.717, 1.165) is 48.0 Å². The number of hydrogen-bond donors (Lipinski definition) is 0. The number of hydrogen-bond acceptors (Lipinski definition) is 5. The van der Waals surface area contributed by atoms with E-state index in [1.165, 1.54) is 9.58 Å². The van der Waals surface area contributed by atoms with Gasteiger partial charge in [0, 0.05) is 42.8 Å². The van der Waals surface area contributed by atoms with Gasteiger partial charge in [-0.25, -0.2) is 9.48 Å². The Morgan fingerprint density at radius 2 is 1.87 bits per heavy atom. The van der Waals surface area contributed by atoms with E-state index >= 15 is 0 Å². The highest BCUT2D eigenvalue weighted by molar-refractivity contribution is 7.19. The van der Waals surface area contributed by atoms with Crippen LogP contribution in [0.1, 0.15) is 44.4 Å². The molecule has 0 radical (unpaired) electrons. The summed E-state index contributed by atoms with van der Waals surface area (Å²) in [4.78, 5) is 15.5. The largest absolute Gasteiger partial charge is 0.444 e. The van der Waals surface area contributed by atoms with Gasteiger partial charge in [0.15, 0.2) is 0 Å². The van der Waals surface area contributed by atoms with Crippen molar-refractivity contribution >= 4 is 38.5 Å². The Bertz CT molecular complexity index is 1220. The van der Waals surface area contributed by atoms with Crippen molar-refractivity contribution in [2.45, 2.75) is 45.1 Å². The van der Waals surface area contributed by atoms with E-state index in [2.05, 4.69) is 29.5 Å². The molecule has 0 atom stereocenters. The second-order valence-corrected chi connectivity index (χ2v) is 10.4. The fourth-order valence-corrected chi connectivity index (χ4v) is 5.31. The van der Waals surface area contributed by atoms with Crippen LogP contribution in [0.15, 0.2) is 36.7 Å². The number of aryl methyl sites for hydroxylation is 1. The van der Waals surface area contributed by atoms with Crippen molar-refractivity contribution in [3.63, 3.8) is 0 Å². The molecular weight excluding hydrogens is 410 g/mol. The molecule has 1 aliphatic heterocycles. The van der Waals surface area contributed by atoms with Crippen LogP contribution in [-0.4, -0.2) is 49.2 Å². The number of benzene rings is 1. The number of likely N-dealkylation sites (tertiary alicyclic amines) is 1. The van der Waals surface area contributed by atoms with Gasteiger partial charge in [-0.15, -0.1) is 11.3 Å². The summed E-state index contributed by atoms with van der Waals surface area (Å²) in [6.07, 6.45) is 5.84. The number of carbonyl (C=O) groups is 1. The molecule has 1 fully saturated rings. The topological polar surface area (TPSA) is 65.2 Å². The molecule has 0 unspecified atom stereocenters. The highest BCUT2D eigenvalue weighted by Gasteiger charge is 2.28. The zero-order valence-corrected chi connectivity index (χ0v) is 19.1. The SMILES string of the molecule is Cn1cc2cc(-n3cc4sc(C5CCN(C(=O)OC(C)(C)C)CC5)cc4n3)ccc2n1. The maximum atomic E-state index is 12.3. The number of piperidine rings is 1. The van der Waals surface area contributed by atoms with Crippen LogP contribution in [0.25, 0.3) is 26.8 Å². The maximum absolute atomic E-state index is 12.3. The summed E-state index contributed by atoms with van der Waals surface area (Å²) in [5, 5.41) is 10.4. The summed E-state index contributed by atoms with van der Waals surface area (Å²) in [6.45, 7) is 7.19. The van der Waals surface area contributed by atoms with E-state index in [-0.39, 0.29) is 6.09 Å². The molecule has 1 amide bonds. The zero-order chi connectivity index (χ0) is 21.8. The highest BCUT2D eigenvalue weighted by Crippen LogP contribution is 2.36. The molecule has 4 heterocycles. The molecular formula is C23H27N5O2S. The molecule has 8 heteroatoms. The summed E-state index contributed by atoms with van der Waals surface area (Å²) in [5.74, 6) is 0.470. The molecule has 1 aliphatic rings. The van der Waals surface area contributed by atoms with E-state index in [1.54, 1.807) is 0 Å². The Hall–Kier alpha value is -2.87. The number of thiophene rings is 1. The highest BCUT2D eigenvalue weighted by atomic mass is 32.1. The number of ether oxygens (including phenoxy) is 1. The third-order valence-electron chi connectivity index (χ3n) is 5.63. The van der Waals surface area contributed by atoms with Crippen LogP contribution >= 0.6 is 11.3 Å². The fraction of sp³-hybridized carbons (Fsp3) is 0.435. The van der Waals surface area contributed by atoms with Crippen molar-refractivity contribution in [1.82, 2.24) is 24.5 Å². The first kappa shape index (κ1) is 20.1. The molecule has 4 aromatic rings. The molecule has 162 valence electrons. The van der Waals surface area contributed by atoms with Crippen molar-refractivity contribution in [2.75, 3.05) is 13.1 Å². The molecule has 0 saturated carbocycles. The van der Waals surface area contributed by atoms with Crippen LogP contribution in [0, 0.1) is 0 Å². The predicted molar refractivity (Wildman–Crippen MR) is 123 cm³/mol. The van der Waals surface area contributed by atoms with Gasteiger partial charge < -0.3 is 9.64 Å². The van der Waals surface area contributed by atoms with Crippen molar-refractivity contribution in [3.8, 4) is 5.69 Å². The number of fused-ring (bicyclic) bond motifs is 2. The average Bonchev–Trinajstić information content (AvgIpc) is 3.37. The van der Waals surface area contributed by atoms with Gasteiger partial charge in [0.2, 0.25) is 0 Å². The van der Waals surface area contributed by atoms with E-state index < -0.39 is 5.60 Å². The smallest absolute Gasteiger partial charge is 0.410 e. The molecule has 1 saturated heterocycles. The van der Waals surface area contributed by atoms with Crippen LogP contribution in [0.4, 0.5) is 4.79 Å². The molecule has 0 spiro atoms. The van der Waals surface area contributed by atoms with E-state index in [0.29, 0.717) is 5.92 Å². The molecule has 1 aromatic carbocycles. The number of nitrogens with zero attached hydrogens (tertiary/aromatic N) is 5. The first-order valence-corrected chi connectivity index (χ1v) is 11.5. The normalized spacial score (nSPS) is 15.8. The lowest BCUT2D eigenvalue weighted by Crippen LogP contribution is -2.41. The van der Waals surface area contributed by atoms with Crippen LogP contribution in [0.2, 0.25) is 0 Å². The van der Waals surface area contributed by atoms with Crippen LogP contribution in [0.5, 0.6) is 0 Å². The van der Waals surface area contributed by atoms with Gasteiger partial charge in [0.05, 0.1) is 15.9 Å². The summed E-state index contributed by atoms with van der Waals surface area (Å²) in [6, 6.07) is 8.42. The maximum Gasteiger partial charge on any atom is 0.410 e. The molecule has 5 rings (SSSR count). The zero-order valence-electron chi connectivity index (χ0n) is 18.3. The number of amides is 1. The Morgan fingerprint density at radius 1 is 1.10 bits per heavy atom. The monoisotopic (exact) mass is 437 g/mol. The summed E-state index contributed by atoms with van der Waals surface area (Å²) in [5.41, 5.74) is 2.60. The van der Waals surface area contributed by atoms with Gasteiger partial charge in [-0.05, 0) is 63.8 Å². The van der Waals surface area contributed by atoms with E-state index in [4.69, 9.17) is 9.84 Å². The standard InChI is InChI=1S/C23H27N5O2S/c1-23(2,3)30-22(29)27-9-7-15(8-10-27)20-12-19-21(31-20)14-28(25-19)17-5-6-18-16(11-17)13-26(4)24-18/h5-6,11-15H,7-10H2,1-4H3. The Balaban J connectivity index is 1.29. The van der Waals surface area contributed by atoms with E-state index in [1.807, 2.05) is 65.7 Å². The Kier molecular flexibility index (Phi) is 4.77. The van der Waals surface area contributed by atoms with Gasteiger partial charge in [0.1, 0.15) is 11.1 Å². The summed E-state index contributed by atoms with van der Waals surface area (Å²) >= 11 is 1.81. The van der Waals surface area contributed by atoms with Crippen molar-refractivity contribution < 1.29 is 9.53 Å². The van der Waals surface area contributed by atoms with E-state index in [9.17, 15) is 4.79 Å². The number of carbonyl (C=O) groups excluding carboxylic acids is 1. The van der Waals surface area contributed by atoms with Crippen molar-refractivity contribution in [2.24, 2.45) is 7.05 Å². The lowest BCUT2D eigenvalue weighted by molar-refractivity contribution is 0.0205. The van der Waals surface area contributed by atoms with Crippen LogP contribution < -0.4 is 0 Å². The fourth-order valence-electron chi connectivity index (χ4n) is 4.13. The minimum absolute atomic E-state index is 0.204. The van der Waals surface area contributed by atoms with Crippen molar-refractivity contribution in [1.29, 1.82) is 0 Å². The van der Waals surface area contributed by atoms with Gasteiger partial charge in [-0.3, -0.25) is 4.68 Å². The van der Waals surface area contributed by atoms with Gasteiger partial charge in [-0.2, -0.15) is 10.2 Å². The second-order valence-electron chi connectivity index (χ2n) is 9.26. The minimum Gasteiger partial charge on any atom is -0.444 e. The number of rotatable bonds is 2. The van der Waals surface area contributed by atoms with Crippen LogP contribution in [0.3, 0.4) is 0 Å². The first-order valence-electron chi connectivity index (χ1n) is 10.7. The van der Waals surface area contributed by atoms with Crippen LogP contribution in [-0.2, 0) is 11.8 Å². The lowest BCUT2D eigenvalue weighted by Gasteiger charge is -2.33. The van der Waals surface area contributed by atoms with Gasteiger partial charge in [0.25, 0.3) is 0 Å². The minimum atomic E-state index is -0.451. The summed E-state index contributed by atoms with van der Waals surface area (Å²) in [7, 11) is 1.93. The molecule has 3 aromatic heterocycles. The third kappa shape index (κ3) is 4.04. The second kappa shape index (κ2) is 7.37. The summed E-state index contributed by atoms with van der Waals surface area (Å²) < 4.78 is 10.5. The molecule has 0 N–H and O–H groups in total. The van der Waals surface area contributed by atoms with Gasteiger partial charge >= 0.3 is 6.09 Å².